The van der Waals surface area contributed by atoms with Crippen molar-refractivity contribution in [3.8, 4) is 0 Å². The quantitative estimate of drug-likeness (QED) is 0.295. The molecule has 0 aromatic carbocycles. The van der Waals surface area contributed by atoms with Gasteiger partial charge in [-0.3, -0.25) is 9.59 Å². The van der Waals surface area contributed by atoms with Gasteiger partial charge in [-0.15, -0.1) is 11.3 Å². The number of rotatable bonds is 9. The van der Waals surface area contributed by atoms with Crippen LogP contribution in [0.4, 0.5) is 22.0 Å². The Balaban J connectivity index is 0.000000821. The summed E-state index contributed by atoms with van der Waals surface area (Å²) in [6.45, 7) is 0.406. The van der Waals surface area contributed by atoms with Gasteiger partial charge in [-0.1, -0.05) is 21.6 Å². The number of carboxylic acids is 2. The minimum Gasteiger partial charge on any atom is -0.481 e. The third kappa shape index (κ3) is 12.5. The number of nitrogens with one attached hydrogen (secondary N) is 1. The standard InChI is InChI=1S/C11H13F2NO3S3.C2HF3O2/c12-10(13)8-5-7(6-18-8)11(17)14-2-4-20-19-3-1-9(15)16;3-2(4,5)1(6)7/h5-6,10H,1-4H2,(H,14,17)(H,15,16);(H,6,7). The van der Waals surface area contributed by atoms with E-state index < -0.39 is 24.5 Å². The number of aliphatic carboxylic acids is 2. The molecular formula is C13H14F5NO5S3. The second-order valence-electron chi connectivity index (χ2n) is 4.38. The molecule has 3 N–H and O–H groups in total. The van der Waals surface area contributed by atoms with Crippen molar-refractivity contribution in [3.63, 3.8) is 0 Å². The monoisotopic (exact) mass is 455 g/mol. The van der Waals surface area contributed by atoms with Gasteiger partial charge in [0, 0.05) is 23.4 Å². The van der Waals surface area contributed by atoms with Crippen molar-refractivity contribution in [2.75, 3.05) is 18.1 Å². The summed E-state index contributed by atoms with van der Waals surface area (Å²) in [4.78, 5) is 30.6. The van der Waals surface area contributed by atoms with Crippen molar-refractivity contribution in [2.24, 2.45) is 0 Å². The molecule has 0 aliphatic heterocycles. The van der Waals surface area contributed by atoms with Crippen LogP contribution < -0.4 is 5.32 Å². The summed E-state index contributed by atoms with van der Waals surface area (Å²) in [5, 5.41) is 19.6. The highest BCUT2D eigenvalue weighted by atomic mass is 33.1. The van der Waals surface area contributed by atoms with Crippen LogP contribution in [0.2, 0.25) is 0 Å². The van der Waals surface area contributed by atoms with Gasteiger partial charge in [0.05, 0.1) is 16.9 Å². The number of halogens is 5. The van der Waals surface area contributed by atoms with Crippen molar-refractivity contribution in [3.05, 3.63) is 21.9 Å². The van der Waals surface area contributed by atoms with Crippen molar-refractivity contribution in [2.45, 2.75) is 19.0 Å². The van der Waals surface area contributed by atoms with Gasteiger partial charge in [0.15, 0.2) is 0 Å². The topological polar surface area (TPSA) is 104 Å². The van der Waals surface area contributed by atoms with E-state index in [4.69, 9.17) is 15.0 Å². The number of hydrogen-bond donors (Lipinski definition) is 3. The van der Waals surface area contributed by atoms with Crippen LogP contribution >= 0.6 is 32.9 Å². The number of carboxylic acid groups (broad SMARTS) is 2. The molecule has 1 heterocycles. The highest BCUT2D eigenvalue weighted by molar-refractivity contribution is 8.76. The number of carbonyl (C=O) groups is 3. The smallest absolute Gasteiger partial charge is 0.481 e. The zero-order valence-corrected chi connectivity index (χ0v) is 15.7. The molecule has 0 unspecified atom stereocenters. The van der Waals surface area contributed by atoms with Gasteiger partial charge in [-0.25, -0.2) is 13.6 Å². The lowest BCUT2D eigenvalue weighted by molar-refractivity contribution is -0.192. The largest absolute Gasteiger partial charge is 0.490 e. The molecule has 0 saturated heterocycles. The normalized spacial score (nSPS) is 10.9. The first-order chi connectivity index (χ1) is 12.4. The Morgan fingerprint density at radius 2 is 1.70 bits per heavy atom. The predicted molar refractivity (Wildman–Crippen MR) is 92.5 cm³/mol. The highest BCUT2D eigenvalue weighted by Crippen LogP contribution is 2.26. The molecule has 0 fully saturated rings. The van der Waals surface area contributed by atoms with Crippen LogP contribution in [0.5, 0.6) is 0 Å². The second-order valence-corrected chi connectivity index (χ2v) is 8.03. The Kier molecular flexibility index (Phi) is 12.0. The maximum absolute atomic E-state index is 12.4. The van der Waals surface area contributed by atoms with Crippen LogP contribution in [0.15, 0.2) is 11.4 Å². The zero-order valence-electron chi connectivity index (χ0n) is 13.3. The van der Waals surface area contributed by atoms with E-state index in [-0.39, 0.29) is 22.8 Å². The van der Waals surface area contributed by atoms with Crippen LogP contribution in [-0.4, -0.2) is 52.3 Å². The van der Waals surface area contributed by atoms with E-state index in [0.29, 0.717) is 18.1 Å². The van der Waals surface area contributed by atoms with Crippen molar-refractivity contribution >= 4 is 50.8 Å². The molecule has 0 bridgehead atoms. The van der Waals surface area contributed by atoms with Crippen LogP contribution in [-0.2, 0) is 9.59 Å². The summed E-state index contributed by atoms with van der Waals surface area (Å²) in [5.74, 6) is -2.83. The third-order valence-electron chi connectivity index (χ3n) is 2.29. The molecule has 0 saturated carbocycles. The van der Waals surface area contributed by atoms with E-state index >= 15 is 0 Å². The molecular weight excluding hydrogens is 441 g/mol. The fraction of sp³-hybridized carbons (Fsp3) is 0.462. The SMILES string of the molecule is O=C(O)C(F)(F)F.O=C(O)CCSSCCNC(=O)c1csc(C(F)F)c1. The minimum absolute atomic E-state index is 0.106. The molecule has 6 nitrogen and oxygen atoms in total. The molecule has 0 aliphatic rings. The van der Waals surface area contributed by atoms with Crippen LogP contribution in [0.3, 0.4) is 0 Å². The zero-order chi connectivity index (χ0) is 21.0. The molecule has 27 heavy (non-hydrogen) atoms. The lowest BCUT2D eigenvalue weighted by Crippen LogP contribution is -2.25. The molecule has 154 valence electrons. The fourth-order valence-corrected chi connectivity index (χ4v) is 3.76. The Labute approximate surface area is 161 Å². The third-order valence-corrected chi connectivity index (χ3v) is 5.64. The van der Waals surface area contributed by atoms with Crippen LogP contribution in [0.25, 0.3) is 0 Å². The molecule has 1 aromatic heterocycles. The summed E-state index contributed by atoms with van der Waals surface area (Å²) in [5.41, 5.74) is 0.244. The summed E-state index contributed by atoms with van der Waals surface area (Å²) in [7, 11) is 2.89. The molecule has 0 spiro atoms. The number of carbonyl (C=O) groups excluding carboxylic acids is 1. The van der Waals surface area contributed by atoms with Gasteiger partial charge in [-0.05, 0) is 6.07 Å². The number of hydrogen-bond acceptors (Lipinski definition) is 6. The molecule has 1 amide bonds. The molecule has 1 rings (SSSR count). The average molecular weight is 455 g/mol. The van der Waals surface area contributed by atoms with Crippen molar-refractivity contribution in [1.29, 1.82) is 0 Å². The summed E-state index contributed by atoms with van der Waals surface area (Å²) >= 11 is 0.863. The first kappa shape index (κ1) is 25.5. The summed E-state index contributed by atoms with van der Waals surface area (Å²) in [6.07, 6.45) is -7.53. The Morgan fingerprint density at radius 1 is 1.15 bits per heavy atom. The average Bonchev–Trinajstić information content (AvgIpc) is 3.03. The highest BCUT2D eigenvalue weighted by Gasteiger charge is 2.38. The molecule has 0 atom stereocenters. The number of amides is 1. The predicted octanol–water partition coefficient (Wildman–Crippen LogP) is 3.90. The second kappa shape index (κ2) is 12.8. The number of alkyl halides is 5. The number of thiophene rings is 1. The van der Waals surface area contributed by atoms with E-state index in [1.807, 2.05) is 0 Å². The van der Waals surface area contributed by atoms with Crippen LogP contribution in [0.1, 0.15) is 28.1 Å². The van der Waals surface area contributed by atoms with Gasteiger partial charge in [-0.2, -0.15) is 13.2 Å². The van der Waals surface area contributed by atoms with Crippen molar-refractivity contribution < 1.29 is 46.5 Å². The Bertz CT molecular complexity index is 624. The first-order valence-electron chi connectivity index (χ1n) is 6.86. The Morgan fingerprint density at radius 3 is 2.15 bits per heavy atom. The van der Waals surface area contributed by atoms with Gasteiger partial charge in [0.25, 0.3) is 12.3 Å². The lowest BCUT2D eigenvalue weighted by Gasteiger charge is -2.03. The molecule has 0 radical (unpaired) electrons. The van der Waals surface area contributed by atoms with Gasteiger partial charge < -0.3 is 15.5 Å². The van der Waals surface area contributed by atoms with Gasteiger partial charge in [0.2, 0.25) is 0 Å². The van der Waals surface area contributed by atoms with Crippen LogP contribution in [0, 0.1) is 0 Å². The van der Waals surface area contributed by atoms with Gasteiger partial charge in [0.1, 0.15) is 0 Å². The maximum atomic E-state index is 12.4. The maximum Gasteiger partial charge on any atom is 0.490 e. The molecule has 14 heteroatoms. The summed E-state index contributed by atoms with van der Waals surface area (Å²) in [6, 6.07) is 1.19. The fourth-order valence-electron chi connectivity index (χ4n) is 1.14. The van der Waals surface area contributed by atoms with Gasteiger partial charge >= 0.3 is 18.1 Å². The van der Waals surface area contributed by atoms with Crippen molar-refractivity contribution in [1.82, 2.24) is 5.32 Å². The Hall–Kier alpha value is -1.54. The van der Waals surface area contributed by atoms with E-state index in [9.17, 15) is 31.5 Å². The van der Waals surface area contributed by atoms with E-state index in [1.165, 1.54) is 33.0 Å². The minimum atomic E-state index is -5.08. The lowest BCUT2D eigenvalue weighted by atomic mass is 10.3. The van der Waals surface area contributed by atoms with E-state index in [0.717, 1.165) is 11.3 Å². The molecule has 0 aliphatic carbocycles. The van der Waals surface area contributed by atoms with E-state index in [1.54, 1.807) is 0 Å². The van der Waals surface area contributed by atoms with E-state index in [2.05, 4.69) is 5.32 Å². The molecule has 1 aromatic rings. The summed E-state index contributed by atoms with van der Waals surface area (Å²) < 4.78 is 56.4. The first-order valence-corrected chi connectivity index (χ1v) is 10.2.